The van der Waals surface area contributed by atoms with Gasteiger partial charge in [0.1, 0.15) is 0 Å². The second-order valence-corrected chi connectivity index (χ2v) is 8.38. The van der Waals surface area contributed by atoms with Gasteiger partial charge in [-0.3, -0.25) is 4.90 Å². The van der Waals surface area contributed by atoms with Crippen molar-refractivity contribution in [2.75, 3.05) is 19.6 Å². The molecule has 0 aromatic rings. The van der Waals surface area contributed by atoms with Crippen molar-refractivity contribution in [3.63, 3.8) is 0 Å². The third-order valence-electron chi connectivity index (χ3n) is 6.79. The van der Waals surface area contributed by atoms with Gasteiger partial charge in [-0.15, -0.1) is 0 Å². The molecule has 1 saturated heterocycles. The molecular formula is C18H32N2. The van der Waals surface area contributed by atoms with Crippen molar-refractivity contribution >= 4 is 0 Å². The van der Waals surface area contributed by atoms with Crippen molar-refractivity contribution in [2.45, 2.75) is 76.3 Å². The van der Waals surface area contributed by atoms with Crippen LogP contribution in [-0.2, 0) is 0 Å². The van der Waals surface area contributed by atoms with E-state index in [1.54, 1.807) is 38.5 Å². The van der Waals surface area contributed by atoms with Crippen LogP contribution in [0, 0.1) is 17.8 Å². The first-order valence-electron chi connectivity index (χ1n) is 9.26. The molecule has 1 N–H and O–H groups in total. The summed E-state index contributed by atoms with van der Waals surface area (Å²) in [4.78, 5) is 2.97. The van der Waals surface area contributed by atoms with Gasteiger partial charge in [0.05, 0.1) is 0 Å². The lowest BCUT2D eigenvalue weighted by molar-refractivity contribution is -0.0891. The molecule has 4 saturated carbocycles. The molecule has 0 aromatic heterocycles. The molecular weight excluding hydrogens is 244 g/mol. The summed E-state index contributed by atoms with van der Waals surface area (Å²) in [5, 5.41) is 3.80. The molecule has 0 spiro atoms. The maximum atomic E-state index is 3.80. The summed E-state index contributed by atoms with van der Waals surface area (Å²) in [6.07, 6.45) is 13.4. The van der Waals surface area contributed by atoms with Gasteiger partial charge in [-0.2, -0.15) is 0 Å². The highest BCUT2D eigenvalue weighted by molar-refractivity contribution is 5.08. The highest BCUT2D eigenvalue weighted by atomic mass is 15.2. The minimum absolute atomic E-state index is 0.632. The lowest BCUT2D eigenvalue weighted by Gasteiger charge is -2.61. The Kier molecular flexibility index (Phi) is 3.58. The summed E-state index contributed by atoms with van der Waals surface area (Å²) in [5.41, 5.74) is 0.632. The Hall–Kier alpha value is -0.0800. The van der Waals surface area contributed by atoms with Gasteiger partial charge in [-0.05, 0) is 82.2 Å². The van der Waals surface area contributed by atoms with Gasteiger partial charge in [0.15, 0.2) is 0 Å². The Labute approximate surface area is 124 Å². The SMILES string of the molecule is CCCC1CN(C23CC4CC(CC(C4)C2)C3)CCCN1. The first-order valence-corrected chi connectivity index (χ1v) is 9.26. The number of hydrogen-bond donors (Lipinski definition) is 1. The van der Waals surface area contributed by atoms with E-state index in [9.17, 15) is 0 Å². The zero-order chi connectivity index (χ0) is 13.6. The molecule has 0 radical (unpaired) electrons. The molecule has 0 aromatic carbocycles. The summed E-state index contributed by atoms with van der Waals surface area (Å²) < 4.78 is 0. The molecule has 1 heterocycles. The average molecular weight is 276 g/mol. The molecule has 4 aliphatic carbocycles. The lowest BCUT2D eigenvalue weighted by atomic mass is 9.52. The Bertz CT molecular complexity index is 316. The van der Waals surface area contributed by atoms with Crippen molar-refractivity contribution in [3.05, 3.63) is 0 Å². The van der Waals surface area contributed by atoms with Crippen molar-refractivity contribution in [1.29, 1.82) is 0 Å². The van der Waals surface area contributed by atoms with E-state index in [0.29, 0.717) is 5.54 Å². The van der Waals surface area contributed by atoms with Crippen molar-refractivity contribution in [3.8, 4) is 0 Å². The normalized spacial score (nSPS) is 48.5. The highest BCUT2D eigenvalue weighted by Crippen LogP contribution is 2.57. The molecule has 1 aliphatic heterocycles. The second-order valence-electron chi connectivity index (χ2n) is 8.38. The van der Waals surface area contributed by atoms with Gasteiger partial charge in [0.25, 0.3) is 0 Å². The fourth-order valence-electron chi connectivity index (χ4n) is 6.42. The summed E-state index contributed by atoms with van der Waals surface area (Å²) in [6.45, 7) is 6.27. The van der Waals surface area contributed by atoms with E-state index < -0.39 is 0 Å². The molecule has 2 heteroatoms. The van der Waals surface area contributed by atoms with E-state index in [1.807, 2.05) is 0 Å². The van der Waals surface area contributed by atoms with Gasteiger partial charge in [-0.25, -0.2) is 0 Å². The van der Waals surface area contributed by atoms with Gasteiger partial charge in [0.2, 0.25) is 0 Å². The number of nitrogens with one attached hydrogen (secondary N) is 1. The number of nitrogens with zero attached hydrogens (tertiary/aromatic N) is 1. The van der Waals surface area contributed by atoms with E-state index in [4.69, 9.17) is 0 Å². The van der Waals surface area contributed by atoms with Crippen molar-refractivity contribution < 1.29 is 0 Å². The molecule has 5 rings (SSSR count). The van der Waals surface area contributed by atoms with Gasteiger partial charge >= 0.3 is 0 Å². The van der Waals surface area contributed by atoms with Crippen LogP contribution in [0.5, 0.6) is 0 Å². The van der Waals surface area contributed by atoms with E-state index in [2.05, 4.69) is 17.1 Å². The highest BCUT2D eigenvalue weighted by Gasteiger charge is 2.53. The van der Waals surface area contributed by atoms with Gasteiger partial charge in [0, 0.05) is 18.1 Å². The van der Waals surface area contributed by atoms with Crippen LogP contribution in [-0.4, -0.2) is 36.1 Å². The summed E-state index contributed by atoms with van der Waals surface area (Å²) in [6, 6.07) is 0.760. The van der Waals surface area contributed by atoms with Crippen LogP contribution in [0.2, 0.25) is 0 Å². The van der Waals surface area contributed by atoms with Crippen LogP contribution in [0.3, 0.4) is 0 Å². The molecule has 4 bridgehead atoms. The Morgan fingerprint density at radius 2 is 1.70 bits per heavy atom. The van der Waals surface area contributed by atoms with E-state index >= 15 is 0 Å². The summed E-state index contributed by atoms with van der Waals surface area (Å²) in [5.74, 6) is 3.26. The van der Waals surface area contributed by atoms with Crippen LogP contribution < -0.4 is 5.32 Å². The smallest absolute Gasteiger partial charge is 0.0218 e. The second kappa shape index (κ2) is 5.28. The van der Waals surface area contributed by atoms with Gasteiger partial charge in [-0.1, -0.05) is 13.3 Å². The van der Waals surface area contributed by atoms with E-state index in [-0.39, 0.29) is 0 Å². The van der Waals surface area contributed by atoms with Crippen LogP contribution in [0.4, 0.5) is 0 Å². The molecule has 2 nitrogen and oxygen atoms in total. The summed E-state index contributed by atoms with van der Waals surface area (Å²) >= 11 is 0. The Balaban J connectivity index is 1.53. The van der Waals surface area contributed by atoms with E-state index in [1.165, 1.54) is 38.9 Å². The zero-order valence-electron chi connectivity index (χ0n) is 13.2. The predicted octanol–water partition coefficient (Wildman–Crippen LogP) is 3.42. The first-order chi connectivity index (χ1) is 9.77. The molecule has 114 valence electrons. The lowest BCUT2D eigenvalue weighted by Crippen LogP contribution is -2.61. The zero-order valence-corrected chi connectivity index (χ0v) is 13.2. The van der Waals surface area contributed by atoms with Crippen LogP contribution >= 0.6 is 0 Å². The Morgan fingerprint density at radius 1 is 1.05 bits per heavy atom. The number of rotatable bonds is 3. The number of hydrogen-bond acceptors (Lipinski definition) is 2. The summed E-state index contributed by atoms with van der Waals surface area (Å²) in [7, 11) is 0. The minimum atomic E-state index is 0.632. The molecule has 1 unspecified atom stereocenters. The maximum absolute atomic E-state index is 3.80. The molecule has 20 heavy (non-hydrogen) atoms. The topological polar surface area (TPSA) is 15.3 Å². The fourth-order valence-corrected chi connectivity index (χ4v) is 6.42. The monoisotopic (exact) mass is 276 g/mol. The predicted molar refractivity (Wildman–Crippen MR) is 83.8 cm³/mol. The van der Waals surface area contributed by atoms with Gasteiger partial charge < -0.3 is 5.32 Å². The van der Waals surface area contributed by atoms with Crippen LogP contribution in [0.25, 0.3) is 0 Å². The third kappa shape index (κ3) is 2.33. The third-order valence-corrected chi connectivity index (χ3v) is 6.79. The van der Waals surface area contributed by atoms with Crippen molar-refractivity contribution in [1.82, 2.24) is 10.2 Å². The first kappa shape index (κ1) is 13.6. The maximum Gasteiger partial charge on any atom is 0.0218 e. The quantitative estimate of drug-likeness (QED) is 0.849. The van der Waals surface area contributed by atoms with Crippen LogP contribution in [0.1, 0.15) is 64.7 Å². The standard InChI is InChI=1S/C18H32N2/c1-2-4-17-13-20(6-3-5-19-17)18-10-14-7-15(11-18)9-16(8-14)12-18/h14-17,19H,2-13H2,1H3. The van der Waals surface area contributed by atoms with E-state index in [0.717, 1.165) is 23.8 Å². The molecule has 1 atom stereocenters. The Morgan fingerprint density at radius 3 is 2.30 bits per heavy atom. The van der Waals surface area contributed by atoms with Crippen molar-refractivity contribution in [2.24, 2.45) is 17.8 Å². The molecule has 0 amide bonds. The minimum Gasteiger partial charge on any atom is -0.313 e. The van der Waals surface area contributed by atoms with Crippen LogP contribution in [0.15, 0.2) is 0 Å². The average Bonchev–Trinajstić information content (AvgIpc) is 2.64. The molecule has 5 aliphatic rings. The largest absolute Gasteiger partial charge is 0.313 e. The fraction of sp³-hybridized carbons (Fsp3) is 1.00. The molecule has 5 fully saturated rings.